The van der Waals surface area contributed by atoms with Crippen molar-refractivity contribution in [3.8, 4) is 0 Å². The number of allylic oxidation sites excluding steroid dienone is 4. The highest BCUT2D eigenvalue weighted by molar-refractivity contribution is 6.01. The number of Topliss-reactive ketones (excluding diaryl/α,β-unsaturated/α-hetero) is 1. The van der Waals surface area contributed by atoms with E-state index in [1.165, 1.54) is 12.2 Å². The molecule has 0 aromatic rings. The predicted octanol–water partition coefficient (Wildman–Crippen LogP) is 3.70. The van der Waals surface area contributed by atoms with Crippen molar-refractivity contribution in [1.82, 2.24) is 0 Å². The van der Waals surface area contributed by atoms with Crippen LogP contribution in [0, 0.1) is 34.5 Å². The van der Waals surface area contributed by atoms with E-state index in [-0.39, 0.29) is 31.3 Å². The fourth-order valence-electron chi connectivity index (χ4n) is 7.97. The summed E-state index contributed by atoms with van der Waals surface area (Å²) in [4.78, 5) is 37.7. The minimum atomic E-state index is -4.59. The molecule has 3 fully saturated rings. The van der Waals surface area contributed by atoms with E-state index in [4.69, 9.17) is 4.74 Å². The fraction of sp³-hybridized carbons (Fsp3) is 0.731. The summed E-state index contributed by atoms with van der Waals surface area (Å²) in [6, 6.07) is 0. The molecule has 2 N–H and O–H groups in total. The number of esters is 1. The van der Waals surface area contributed by atoms with Crippen molar-refractivity contribution in [2.75, 3.05) is 6.61 Å². The van der Waals surface area contributed by atoms with E-state index in [1.54, 1.807) is 20.8 Å². The van der Waals surface area contributed by atoms with Gasteiger partial charge in [0.15, 0.2) is 11.4 Å². The maximum atomic E-state index is 14.3. The molecule has 0 aromatic heterocycles. The van der Waals surface area contributed by atoms with Crippen molar-refractivity contribution in [1.29, 1.82) is 0 Å². The van der Waals surface area contributed by atoms with Crippen LogP contribution in [0.15, 0.2) is 23.8 Å². The fourth-order valence-corrected chi connectivity index (χ4v) is 7.97. The van der Waals surface area contributed by atoms with E-state index in [1.807, 2.05) is 0 Å². The molecule has 4 rings (SSSR count). The molecule has 194 valence electrons. The first-order chi connectivity index (χ1) is 16.2. The highest BCUT2D eigenvalue weighted by atomic mass is 19.4. The minimum Gasteiger partial charge on any atom is -0.450 e. The van der Waals surface area contributed by atoms with E-state index in [2.05, 4.69) is 0 Å². The molecule has 0 saturated heterocycles. The van der Waals surface area contributed by atoms with E-state index in [0.29, 0.717) is 12.8 Å². The van der Waals surface area contributed by atoms with Crippen molar-refractivity contribution >= 4 is 17.5 Å². The maximum Gasteiger partial charge on any atom is 0.395 e. The third-order valence-electron chi connectivity index (χ3n) is 9.39. The van der Waals surface area contributed by atoms with Crippen LogP contribution in [0.1, 0.15) is 59.3 Å². The number of carbonyl (C=O) groups excluding carboxylic acids is 3. The first-order valence-electron chi connectivity index (χ1n) is 12.3. The number of fused-ring (bicyclic) bond motifs is 5. The van der Waals surface area contributed by atoms with Crippen molar-refractivity contribution in [2.24, 2.45) is 34.5 Å². The number of rotatable bonds is 5. The van der Waals surface area contributed by atoms with E-state index < -0.39 is 76.5 Å². The number of carbonyl (C=O) groups is 3. The summed E-state index contributed by atoms with van der Waals surface area (Å²) in [7, 11) is 0. The van der Waals surface area contributed by atoms with E-state index >= 15 is 0 Å². The molecule has 0 spiro atoms. The highest BCUT2D eigenvalue weighted by Gasteiger charge is 2.72. The minimum absolute atomic E-state index is 0.0218. The van der Waals surface area contributed by atoms with Gasteiger partial charge in [0.25, 0.3) is 0 Å². The summed E-state index contributed by atoms with van der Waals surface area (Å²) >= 11 is 0. The molecule has 4 aliphatic rings. The van der Waals surface area contributed by atoms with Gasteiger partial charge >= 0.3 is 12.1 Å². The molecule has 0 aliphatic heterocycles. The zero-order valence-electron chi connectivity index (χ0n) is 20.2. The molecule has 0 radical (unpaired) electrons. The third-order valence-corrected chi connectivity index (χ3v) is 9.39. The van der Waals surface area contributed by atoms with Crippen LogP contribution in [0.25, 0.3) is 0 Å². The van der Waals surface area contributed by atoms with Gasteiger partial charge in [0, 0.05) is 23.2 Å². The van der Waals surface area contributed by atoms with Gasteiger partial charge in [0.05, 0.1) is 12.0 Å². The highest BCUT2D eigenvalue weighted by Crippen LogP contribution is 2.69. The first kappa shape index (κ1) is 26.1. The number of ketones is 2. The van der Waals surface area contributed by atoms with Gasteiger partial charge in [-0.25, -0.2) is 0 Å². The molecular weight excluding hydrogens is 465 g/mol. The largest absolute Gasteiger partial charge is 0.450 e. The second kappa shape index (κ2) is 8.54. The Morgan fingerprint density at radius 2 is 1.94 bits per heavy atom. The lowest BCUT2D eigenvalue weighted by atomic mass is 9.44. The second-order valence-corrected chi connectivity index (χ2v) is 11.1. The number of hydrogen-bond donors (Lipinski definition) is 2. The third kappa shape index (κ3) is 3.72. The van der Waals surface area contributed by atoms with E-state index in [9.17, 15) is 37.8 Å². The van der Waals surface area contributed by atoms with Crippen LogP contribution in [0.5, 0.6) is 0 Å². The van der Waals surface area contributed by atoms with Crippen LogP contribution < -0.4 is 0 Å². The van der Waals surface area contributed by atoms with Crippen LogP contribution in [0.4, 0.5) is 13.2 Å². The van der Waals surface area contributed by atoms with Crippen LogP contribution in [0.3, 0.4) is 0 Å². The van der Waals surface area contributed by atoms with E-state index in [0.717, 1.165) is 6.08 Å². The van der Waals surface area contributed by atoms with Gasteiger partial charge in [-0.05, 0) is 61.7 Å². The monoisotopic (exact) mass is 498 g/mol. The summed E-state index contributed by atoms with van der Waals surface area (Å²) in [6.07, 6.45) is -1.18. The smallest absolute Gasteiger partial charge is 0.395 e. The molecule has 8 atom stereocenters. The molecule has 1 unspecified atom stereocenters. The van der Waals surface area contributed by atoms with Crippen LogP contribution in [0.2, 0.25) is 0 Å². The lowest BCUT2D eigenvalue weighted by Crippen LogP contribution is -2.64. The first-order valence-corrected chi connectivity index (χ1v) is 12.3. The molecule has 4 aliphatic carbocycles. The Hall–Kier alpha value is -2.00. The summed E-state index contributed by atoms with van der Waals surface area (Å²) in [5.41, 5.74) is -4.04. The Kier molecular flexibility index (Phi) is 6.36. The number of halogens is 3. The zero-order valence-corrected chi connectivity index (χ0v) is 20.2. The van der Waals surface area contributed by atoms with Crippen molar-refractivity contribution in [3.05, 3.63) is 23.8 Å². The maximum absolute atomic E-state index is 14.3. The normalized spacial score (nSPS) is 42.6. The Labute approximate surface area is 202 Å². The zero-order chi connectivity index (χ0) is 26.0. The summed E-state index contributed by atoms with van der Waals surface area (Å²) < 4.78 is 48.7. The van der Waals surface area contributed by atoms with Gasteiger partial charge in [-0.2, -0.15) is 13.2 Å². The average molecular weight is 499 g/mol. The Morgan fingerprint density at radius 1 is 1.26 bits per heavy atom. The van der Waals surface area contributed by atoms with Crippen molar-refractivity contribution in [3.63, 3.8) is 0 Å². The average Bonchev–Trinajstić information content (AvgIpc) is 3.04. The number of aliphatic hydroxyl groups excluding tert-OH is 2. The molecular formula is C26H33F3O6. The summed E-state index contributed by atoms with van der Waals surface area (Å²) in [6.45, 7) is 4.26. The van der Waals surface area contributed by atoms with Crippen LogP contribution >= 0.6 is 0 Å². The molecule has 0 aromatic carbocycles. The number of alkyl halides is 3. The lowest BCUT2D eigenvalue weighted by Gasteiger charge is -2.61. The Morgan fingerprint density at radius 3 is 2.54 bits per heavy atom. The topological polar surface area (TPSA) is 101 Å². The van der Waals surface area contributed by atoms with Crippen LogP contribution in [-0.4, -0.2) is 52.2 Å². The summed E-state index contributed by atoms with van der Waals surface area (Å²) in [5.74, 6) is -5.32. The van der Waals surface area contributed by atoms with Gasteiger partial charge in [-0.3, -0.25) is 14.4 Å². The van der Waals surface area contributed by atoms with Gasteiger partial charge in [0.1, 0.15) is 6.61 Å². The Balaban J connectivity index is 1.82. The van der Waals surface area contributed by atoms with Crippen molar-refractivity contribution in [2.45, 2.75) is 77.2 Å². The molecule has 0 heterocycles. The predicted molar refractivity (Wildman–Crippen MR) is 119 cm³/mol. The number of ether oxygens (including phenoxy) is 1. The molecule has 35 heavy (non-hydrogen) atoms. The molecule has 9 heteroatoms. The van der Waals surface area contributed by atoms with Gasteiger partial charge in [0.2, 0.25) is 5.78 Å². The number of aliphatic hydroxyl groups is 2. The van der Waals surface area contributed by atoms with Crippen LogP contribution in [-0.2, 0) is 19.1 Å². The van der Waals surface area contributed by atoms with Crippen molar-refractivity contribution < 1.29 is 42.5 Å². The van der Waals surface area contributed by atoms with Gasteiger partial charge in [-0.15, -0.1) is 0 Å². The molecule has 6 nitrogen and oxygen atoms in total. The second-order valence-electron chi connectivity index (χ2n) is 11.1. The molecule has 0 bridgehead atoms. The SMILES string of the molecule is CCCC(=O)O[C@@]1(C(=O)CO)CC[C@H]2[C@@H]3CC(C(F)(F)F)C4=CC(=O)C=C[C@]4(C)[C@H]3[C@@H](O)C[C@@]21C. The molecule has 0 amide bonds. The van der Waals surface area contributed by atoms with Gasteiger partial charge < -0.3 is 14.9 Å². The molecule has 3 saturated carbocycles. The lowest BCUT2D eigenvalue weighted by molar-refractivity contribution is -0.217. The standard InChI is InChI=1S/C26H33F3O6/c1-4-5-21(34)35-25(20(33)13-30)9-7-16-15-11-18(26(27,28)29)17-10-14(31)6-8-23(17,2)22(15)19(32)12-24(16,25)3/h6,8,10,15-16,18-19,22,30,32H,4-5,7,9,11-13H2,1-3H3/t15-,16-,18?,19-,22+,23-,24-,25+/m0/s1. The summed E-state index contributed by atoms with van der Waals surface area (Å²) in [5, 5.41) is 21.2. The number of hydrogen-bond acceptors (Lipinski definition) is 6. The quantitative estimate of drug-likeness (QED) is 0.561. The van der Waals surface area contributed by atoms with Gasteiger partial charge in [-0.1, -0.05) is 26.8 Å². The Bertz CT molecular complexity index is 986.